The van der Waals surface area contributed by atoms with Crippen molar-refractivity contribution in [2.45, 2.75) is 20.3 Å². The van der Waals surface area contributed by atoms with Crippen LogP contribution in [-0.4, -0.2) is 35.1 Å². The van der Waals surface area contributed by atoms with Gasteiger partial charge in [-0.1, -0.05) is 41.0 Å². The third-order valence-corrected chi connectivity index (χ3v) is 3.87. The molecule has 7 nitrogen and oxygen atoms in total. The molecule has 1 aromatic heterocycles. The summed E-state index contributed by atoms with van der Waals surface area (Å²) in [6.45, 7) is 4.54. The number of nitrogens with one attached hydrogen (secondary N) is 2. The van der Waals surface area contributed by atoms with E-state index in [1.165, 1.54) is 17.2 Å². The predicted molar refractivity (Wildman–Crippen MR) is 99.3 cm³/mol. The molecule has 0 radical (unpaired) electrons. The highest BCUT2D eigenvalue weighted by Gasteiger charge is 2.18. The van der Waals surface area contributed by atoms with Crippen LogP contribution >= 0.6 is 15.9 Å². The third kappa shape index (κ3) is 6.58. The number of aromatic nitrogens is 1. The summed E-state index contributed by atoms with van der Waals surface area (Å²) in [5.41, 5.74) is 0.658. The van der Waals surface area contributed by atoms with Gasteiger partial charge in [-0.3, -0.25) is 4.79 Å². The highest BCUT2D eigenvalue weighted by atomic mass is 79.9. The molecule has 25 heavy (non-hydrogen) atoms. The molecule has 2 N–H and O–H groups in total. The van der Waals surface area contributed by atoms with Gasteiger partial charge in [0.1, 0.15) is 12.8 Å². The minimum absolute atomic E-state index is 0.0700. The molecule has 1 aromatic carbocycles. The fourth-order valence-corrected chi connectivity index (χ4v) is 2.47. The fraction of sp³-hybridized carbons (Fsp3) is 0.353. The number of amides is 3. The minimum Gasteiger partial charge on any atom is -0.363 e. The molecule has 0 unspecified atom stereocenters. The molecule has 0 spiro atoms. The van der Waals surface area contributed by atoms with Gasteiger partial charge in [0.2, 0.25) is 5.91 Å². The van der Waals surface area contributed by atoms with Gasteiger partial charge in [0.15, 0.2) is 5.82 Å². The summed E-state index contributed by atoms with van der Waals surface area (Å²) >= 11 is 3.37. The first-order valence-electron chi connectivity index (χ1n) is 7.96. The van der Waals surface area contributed by atoms with Crippen LogP contribution in [0.15, 0.2) is 45.6 Å². The van der Waals surface area contributed by atoms with Crippen molar-refractivity contribution in [1.82, 2.24) is 10.1 Å². The van der Waals surface area contributed by atoms with Crippen LogP contribution in [-0.2, 0) is 4.79 Å². The Balaban J connectivity index is 2.00. The van der Waals surface area contributed by atoms with Crippen LogP contribution in [0.5, 0.6) is 0 Å². The highest BCUT2D eigenvalue weighted by molar-refractivity contribution is 9.10. The molecule has 0 bridgehead atoms. The van der Waals surface area contributed by atoms with Gasteiger partial charge in [-0.25, -0.2) is 4.79 Å². The van der Waals surface area contributed by atoms with Crippen molar-refractivity contribution in [1.29, 1.82) is 0 Å². The average Bonchev–Trinajstić information content (AvgIpc) is 3.04. The summed E-state index contributed by atoms with van der Waals surface area (Å²) in [5.74, 6) is 0.406. The first-order chi connectivity index (χ1) is 11.9. The second kappa shape index (κ2) is 9.22. The maximum Gasteiger partial charge on any atom is 0.322 e. The smallest absolute Gasteiger partial charge is 0.322 e. The summed E-state index contributed by atoms with van der Waals surface area (Å²) in [6, 6.07) is 8.51. The molecule has 134 valence electrons. The van der Waals surface area contributed by atoms with E-state index in [-0.39, 0.29) is 18.5 Å². The van der Waals surface area contributed by atoms with E-state index < -0.39 is 0 Å². The lowest BCUT2D eigenvalue weighted by Crippen LogP contribution is -2.41. The topological polar surface area (TPSA) is 87.5 Å². The van der Waals surface area contributed by atoms with Gasteiger partial charge < -0.3 is 20.1 Å². The summed E-state index contributed by atoms with van der Waals surface area (Å²) in [5, 5.41) is 9.04. The standard InChI is InChI=1S/C17H21BrN4O3/c1-12(2)6-8-22(11-16(23)20-15-7-9-25-21-15)17(24)19-14-5-3-4-13(18)10-14/h3-5,7,9-10,12H,6,8,11H2,1-2H3,(H,19,24)(H,20,21,23). The van der Waals surface area contributed by atoms with E-state index in [1.54, 1.807) is 12.1 Å². The number of carbonyl (C=O) groups excluding carboxylic acids is 2. The van der Waals surface area contributed by atoms with Crippen molar-refractivity contribution in [3.8, 4) is 0 Å². The van der Waals surface area contributed by atoms with Gasteiger partial charge in [0.05, 0.1) is 0 Å². The van der Waals surface area contributed by atoms with Crippen molar-refractivity contribution in [3.63, 3.8) is 0 Å². The van der Waals surface area contributed by atoms with Crippen LogP contribution in [0.25, 0.3) is 0 Å². The Morgan fingerprint density at radius 2 is 2.08 bits per heavy atom. The van der Waals surface area contributed by atoms with E-state index in [9.17, 15) is 9.59 Å². The monoisotopic (exact) mass is 408 g/mol. The van der Waals surface area contributed by atoms with Crippen LogP contribution in [0, 0.1) is 5.92 Å². The molecule has 2 rings (SSSR count). The van der Waals surface area contributed by atoms with Gasteiger partial charge in [-0.05, 0) is 30.5 Å². The van der Waals surface area contributed by atoms with Crippen LogP contribution in [0.4, 0.5) is 16.3 Å². The minimum atomic E-state index is -0.331. The molecule has 2 aromatic rings. The van der Waals surface area contributed by atoms with E-state index >= 15 is 0 Å². The zero-order chi connectivity index (χ0) is 18.2. The number of hydrogen-bond donors (Lipinski definition) is 2. The second-order valence-electron chi connectivity index (χ2n) is 5.98. The van der Waals surface area contributed by atoms with Crippen molar-refractivity contribution in [2.24, 2.45) is 5.92 Å². The lowest BCUT2D eigenvalue weighted by molar-refractivity contribution is -0.116. The Labute approximate surface area is 154 Å². The van der Waals surface area contributed by atoms with E-state index in [1.807, 2.05) is 12.1 Å². The first kappa shape index (κ1) is 19.0. The van der Waals surface area contributed by atoms with Gasteiger partial charge in [0.25, 0.3) is 0 Å². The molecule has 0 saturated heterocycles. The molecule has 8 heteroatoms. The molecular formula is C17H21BrN4O3. The largest absolute Gasteiger partial charge is 0.363 e. The molecule has 0 aliphatic carbocycles. The number of benzene rings is 1. The Bertz CT molecular complexity index is 704. The maximum atomic E-state index is 12.6. The lowest BCUT2D eigenvalue weighted by atomic mass is 10.1. The quantitative estimate of drug-likeness (QED) is 0.725. The van der Waals surface area contributed by atoms with E-state index in [0.29, 0.717) is 24.0 Å². The van der Waals surface area contributed by atoms with Gasteiger partial charge in [-0.15, -0.1) is 0 Å². The van der Waals surface area contributed by atoms with Crippen molar-refractivity contribution >= 4 is 39.4 Å². The van der Waals surface area contributed by atoms with Crippen molar-refractivity contribution < 1.29 is 14.1 Å². The van der Waals surface area contributed by atoms with Gasteiger partial charge in [-0.2, -0.15) is 0 Å². The molecular weight excluding hydrogens is 388 g/mol. The van der Waals surface area contributed by atoms with Crippen LogP contribution in [0.3, 0.4) is 0 Å². The highest BCUT2D eigenvalue weighted by Crippen LogP contribution is 2.16. The summed E-state index contributed by atoms with van der Waals surface area (Å²) < 4.78 is 5.54. The zero-order valence-corrected chi connectivity index (χ0v) is 15.7. The van der Waals surface area contributed by atoms with Gasteiger partial charge in [0, 0.05) is 22.8 Å². The molecule has 0 atom stereocenters. The van der Waals surface area contributed by atoms with Crippen molar-refractivity contribution in [2.75, 3.05) is 23.7 Å². The average molecular weight is 409 g/mol. The van der Waals surface area contributed by atoms with E-state index in [2.05, 4.69) is 50.1 Å². The SMILES string of the molecule is CC(C)CCN(CC(=O)Nc1ccon1)C(=O)Nc1cccc(Br)c1. The number of rotatable bonds is 7. The normalized spacial score (nSPS) is 10.6. The summed E-state index contributed by atoms with van der Waals surface area (Å²) in [4.78, 5) is 26.2. The Morgan fingerprint density at radius 3 is 2.72 bits per heavy atom. The van der Waals surface area contributed by atoms with E-state index in [0.717, 1.165) is 10.9 Å². The van der Waals surface area contributed by atoms with Crippen LogP contribution in [0.2, 0.25) is 0 Å². The fourth-order valence-electron chi connectivity index (χ4n) is 2.07. The number of anilines is 2. The molecule has 3 amide bonds. The zero-order valence-electron chi connectivity index (χ0n) is 14.2. The molecule has 0 fully saturated rings. The Hall–Kier alpha value is -2.35. The number of nitrogens with zero attached hydrogens (tertiary/aromatic N) is 2. The van der Waals surface area contributed by atoms with E-state index in [4.69, 9.17) is 0 Å². The summed E-state index contributed by atoms with van der Waals surface area (Å²) in [6.07, 6.45) is 2.16. The molecule has 0 aliphatic heterocycles. The predicted octanol–water partition coefficient (Wildman–Crippen LogP) is 3.96. The Kier molecular flexibility index (Phi) is 7.00. The number of halogens is 1. The van der Waals surface area contributed by atoms with Crippen LogP contribution in [0.1, 0.15) is 20.3 Å². The number of urea groups is 1. The lowest BCUT2D eigenvalue weighted by Gasteiger charge is -2.23. The third-order valence-electron chi connectivity index (χ3n) is 3.38. The first-order valence-corrected chi connectivity index (χ1v) is 8.75. The van der Waals surface area contributed by atoms with Crippen LogP contribution < -0.4 is 10.6 Å². The molecule has 1 heterocycles. The van der Waals surface area contributed by atoms with Crippen molar-refractivity contribution in [3.05, 3.63) is 41.1 Å². The molecule has 0 saturated carbocycles. The number of carbonyl (C=O) groups is 2. The van der Waals surface area contributed by atoms with Gasteiger partial charge >= 0.3 is 6.03 Å². The maximum absolute atomic E-state index is 12.6. The Morgan fingerprint density at radius 1 is 1.28 bits per heavy atom. The number of hydrogen-bond acceptors (Lipinski definition) is 4. The molecule has 0 aliphatic rings. The summed E-state index contributed by atoms with van der Waals surface area (Å²) in [7, 11) is 0. The second-order valence-corrected chi connectivity index (χ2v) is 6.89.